The van der Waals surface area contributed by atoms with Crippen molar-refractivity contribution in [2.24, 2.45) is 5.73 Å². The Labute approximate surface area is 132 Å². The van der Waals surface area contributed by atoms with Crippen LogP contribution >= 0.6 is 0 Å². The molecule has 3 aromatic rings. The molecule has 1 unspecified atom stereocenters. The SMILES string of the molecule is NC(=O)c1ccnn1C1CCn2nc(-c3ccccc3)nc2C1. The summed E-state index contributed by atoms with van der Waals surface area (Å²) in [5, 5.41) is 8.84. The maximum atomic E-state index is 11.5. The van der Waals surface area contributed by atoms with Crippen molar-refractivity contribution < 1.29 is 4.79 Å². The van der Waals surface area contributed by atoms with E-state index in [1.54, 1.807) is 16.9 Å². The lowest BCUT2D eigenvalue weighted by Gasteiger charge is -2.23. The molecule has 1 amide bonds. The molecule has 116 valence electrons. The largest absolute Gasteiger partial charge is 0.364 e. The van der Waals surface area contributed by atoms with Gasteiger partial charge >= 0.3 is 0 Å². The third-order valence-electron chi connectivity index (χ3n) is 4.14. The topological polar surface area (TPSA) is 91.6 Å². The highest BCUT2D eigenvalue weighted by atomic mass is 16.1. The molecule has 2 N–H and O–H groups in total. The van der Waals surface area contributed by atoms with Crippen LogP contribution in [0.4, 0.5) is 0 Å². The number of amides is 1. The molecule has 1 aliphatic rings. The van der Waals surface area contributed by atoms with Crippen LogP contribution in [0.1, 0.15) is 28.8 Å². The number of rotatable bonds is 3. The second-order valence-corrected chi connectivity index (χ2v) is 5.61. The van der Waals surface area contributed by atoms with Gasteiger partial charge in [0.05, 0.1) is 6.04 Å². The lowest BCUT2D eigenvalue weighted by Crippen LogP contribution is -2.27. The first-order valence-corrected chi connectivity index (χ1v) is 7.55. The molecular formula is C16H16N6O. The molecule has 1 atom stereocenters. The fourth-order valence-electron chi connectivity index (χ4n) is 3.01. The molecule has 2 aromatic heterocycles. The van der Waals surface area contributed by atoms with E-state index in [-0.39, 0.29) is 6.04 Å². The summed E-state index contributed by atoms with van der Waals surface area (Å²) in [6.07, 6.45) is 3.13. The number of nitrogens with zero attached hydrogens (tertiary/aromatic N) is 5. The van der Waals surface area contributed by atoms with Gasteiger partial charge in [0, 0.05) is 24.7 Å². The van der Waals surface area contributed by atoms with Gasteiger partial charge in [-0.2, -0.15) is 10.2 Å². The Morgan fingerprint density at radius 1 is 1.22 bits per heavy atom. The molecule has 1 aromatic carbocycles. The standard InChI is InChI=1S/C16H16N6O/c17-15(23)13-6-8-18-22(13)12-7-9-21-14(10-12)19-16(20-21)11-4-2-1-3-5-11/h1-6,8,12H,7,9-10H2,(H2,17,23). The fraction of sp³-hybridized carbons (Fsp3) is 0.250. The second-order valence-electron chi connectivity index (χ2n) is 5.61. The molecule has 0 bridgehead atoms. The van der Waals surface area contributed by atoms with Crippen LogP contribution in [0.15, 0.2) is 42.6 Å². The summed E-state index contributed by atoms with van der Waals surface area (Å²) in [5.41, 5.74) is 6.85. The van der Waals surface area contributed by atoms with Gasteiger partial charge in [-0.3, -0.25) is 9.48 Å². The number of benzene rings is 1. The van der Waals surface area contributed by atoms with Crippen LogP contribution < -0.4 is 5.73 Å². The lowest BCUT2D eigenvalue weighted by molar-refractivity contribution is 0.0985. The van der Waals surface area contributed by atoms with E-state index < -0.39 is 5.91 Å². The summed E-state index contributed by atoms with van der Waals surface area (Å²) in [5.74, 6) is 1.18. The highest BCUT2D eigenvalue weighted by molar-refractivity contribution is 5.90. The zero-order chi connectivity index (χ0) is 15.8. The highest BCUT2D eigenvalue weighted by Gasteiger charge is 2.26. The minimum absolute atomic E-state index is 0.0767. The van der Waals surface area contributed by atoms with E-state index in [2.05, 4.69) is 15.2 Å². The number of hydrogen-bond donors (Lipinski definition) is 1. The van der Waals surface area contributed by atoms with Crippen LogP contribution in [0, 0.1) is 0 Å². The van der Waals surface area contributed by atoms with Crippen molar-refractivity contribution >= 4 is 5.91 Å². The number of aryl methyl sites for hydroxylation is 1. The van der Waals surface area contributed by atoms with Crippen molar-refractivity contribution in [1.29, 1.82) is 0 Å². The quantitative estimate of drug-likeness (QED) is 0.792. The predicted molar refractivity (Wildman–Crippen MR) is 83.6 cm³/mol. The summed E-state index contributed by atoms with van der Waals surface area (Å²) in [7, 11) is 0. The third-order valence-corrected chi connectivity index (χ3v) is 4.14. The van der Waals surface area contributed by atoms with E-state index in [1.807, 2.05) is 35.0 Å². The number of primary amides is 1. The molecule has 0 radical (unpaired) electrons. The minimum Gasteiger partial charge on any atom is -0.364 e. The molecule has 0 saturated carbocycles. The van der Waals surface area contributed by atoms with E-state index >= 15 is 0 Å². The molecule has 7 nitrogen and oxygen atoms in total. The first kappa shape index (κ1) is 13.7. The Hall–Kier alpha value is -2.96. The van der Waals surface area contributed by atoms with Crippen LogP contribution in [0.5, 0.6) is 0 Å². The third kappa shape index (κ3) is 2.40. The number of nitrogens with two attached hydrogens (primary N) is 1. The average Bonchev–Trinajstić information content (AvgIpc) is 3.21. The lowest BCUT2D eigenvalue weighted by atomic mass is 10.1. The molecule has 4 rings (SSSR count). The Bertz CT molecular complexity index is 851. The molecule has 1 aliphatic heterocycles. The van der Waals surface area contributed by atoms with Gasteiger partial charge in [-0.15, -0.1) is 0 Å². The van der Waals surface area contributed by atoms with Crippen LogP contribution in [0.3, 0.4) is 0 Å². The first-order valence-electron chi connectivity index (χ1n) is 7.55. The summed E-state index contributed by atoms with van der Waals surface area (Å²) in [4.78, 5) is 16.1. The van der Waals surface area contributed by atoms with Gasteiger partial charge in [0.25, 0.3) is 5.91 Å². The van der Waals surface area contributed by atoms with Crippen molar-refractivity contribution in [1.82, 2.24) is 24.5 Å². The zero-order valence-corrected chi connectivity index (χ0v) is 12.5. The zero-order valence-electron chi connectivity index (χ0n) is 12.5. The summed E-state index contributed by atoms with van der Waals surface area (Å²) in [6, 6.07) is 11.6. The van der Waals surface area contributed by atoms with E-state index in [1.165, 1.54) is 0 Å². The summed E-state index contributed by atoms with van der Waals surface area (Å²) >= 11 is 0. The average molecular weight is 308 g/mol. The van der Waals surface area contributed by atoms with Gasteiger partial charge in [0.15, 0.2) is 5.82 Å². The van der Waals surface area contributed by atoms with Crippen LogP contribution in [-0.2, 0) is 13.0 Å². The second kappa shape index (κ2) is 5.35. The number of carbonyl (C=O) groups is 1. The van der Waals surface area contributed by atoms with Gasteiger partial charge in [-0.25, -0.2) is 9.67 Å². The Morgan fingerprint density at radius 3 is 2.83 bits per heavy atom. The van der Waals surface area contributed by atoms with Crippen LogP contribution in [0.25, 0.3) is 11.4 Å². The van der Waals surface area contributed by atoms with Gasteiger partial charge in [0.1, 0.15) is 11.5 Å². The summed E-state index contributed by atoms with van der Waals surface area (Å²) < 4.78 is 3.65. The number of fused-ring (bicyclic) bond motifs is 1. The molecule has 0 aliphatic carbocycles. The predicted octanol–water partition coefficient (Wildman–Crippen LogP) is 1.43. The number of carbonyl (C=O) groups excluding carboxylic acids is 1. The molecule has 0 spiro atoms. The van der Waals surface area contributed by atoms with E-state index in [0.717, 1.165) is 30.2 Å². The number of hydrogen-bond acceptors (Lipinski definition) is 4. The normalized spacial score (nSPS) is 17.0. The van der Waals surface area contributed by atoms with Crippen molar-refractivity contribution in [3.63, 3.8) is 0 Å². The van der Waals surface area contributed by atoms with Crippen LogP contribution in [0.2, 0.25) is 0 Å². The van der Waals surface area contributed by atoms with Crippen molar-refractivity contribution in [3.05, 3.63) is 54.1 Å². The molecule has 3 heterocycles. The maximum absolute atomic E-state index is 11.5. The van der Waals surface area contributed by atoms with Crippen molar-refractivity contribution in [2.75, 3.05) is 0 Å². The molecule has 7 heteroatoms. The monoisotopic (exact) mass is 308 g/mol. The van der Waals surface area contributed by atoms with Crippen molar-refractivity contribution in [2.45, 2.75) is 25.4 Å². The van der Waals surface area contributed by atoms with Crippen LogP contribution in [-0.4, -0.2) is 30.5 Å². The van der Waals surface area contributed by atoms with E-state index in [0.29, 0.717) is 12.1 Å². The number of aromatic nitrogens is 5. The Kier molecular flexibility index (Phi) is 3.18. The molecule has 0 fully saturated rings. The maximum Gasteiger partial charge on any atom is 0.266 e. The first-order chi connectivity index (χ1) is 11.2. The molecule has 0 saturated heterocycles. The van der Waals surface area contributed by atoms with Gasteiger partial charge in [-0.1, -0.05) is 30.3 Å². The Balaban J connectivity index is 1.64. The summed E-state index contributed by atoms with van der Waals surface area (Å²) in [6.45, 7) is 0.748. The molecular weight excluding hydrogens is 292 g/mol. The fourth-order valence-corrected chi connectivity index (χ4v) is 3.01. The van der Waals surface area contributed by atoms with E-state index in [9.17, 15) is 4.79 Å². The van der Waals surface area contributed by atoms with Gasteiger partial charge < -0.3 is 5.73 Å². The smallest absolute Gasteiger partial charge is 0.266 e. The van der Waals surface area contributed by atoms with Crippen molar-refractivity contribution in [3.8, 4) is 11.4 Å². The highest BCUT2D eigenvalue weighted by Crippen LogP contribution is 2.26. The molecule has 23 heavy (non-hydrogen) atoms. The van der Waals surface area contributed by atoms with Gasteiger partial charge in [-0.05, 0) is 12.5 Å². The van der Waals surface area contributed by atoms with Gasteiger partial charge in [0.2, 0.25) is 0 Å². The van der Waals surface area contributed by atoms with E-state index in [4.69, 9.17) is 5.73 Å². The minimum atomic E-state index is -0.459. The Morgan fingerprint density at radius 2 is 2.04 bits per heavy atom.